The van der Waals surface area contributed by atoms with Gasteiger partial charge in [-0.15, -0.1) is 0 Å². The number of nitrogens with one attached hydrogen (secondary N) is 2. The molecule has 0 atom stereocenters. The molecule has 0 spiro atoms. The zero-order valence-corrected chi connectivity index (χ0v) is 10.2. The molecule has 0 radical (unpaired) electrons. The molecular formula is C11H12F3N3O3. The van der Waals surface area contributed by atoms with E-state index in [9.17, 15) is 28.1 Å². The number of non-ortho nitro benzene ring substituents is 1. The standard InChI is InChI=1S/C11H12F3N3O3/c12-11(13,14)7-15-6-10(18)16-5-8-2-1-3-9(4-8)17(19)20/h1-4,15H,5-7H2,(H,16,18). The maximum absolute atomic E-state index is 11.8. The molecule has 110 valence electrons. The number of nitro benzene ring substituents is 1. The summed E-state index contributed by atoms with van der Waals surface area (Å²) in [5.74, 6) is -0.624. The molecule has 0 aliphatic rings. The van der Waals surface area contributed by atoms with E-state index in [1.165, 1.54) is 18.2 Å². The van der Waals surface area contributed by atoms with Crippen molar-refractivity contribution in [3.05, 3.63) is 39.9 Å². The second kappa shape index (κ2) is 6.85. The van der Waals surface area contributed by atoms with Gasteiger partial charge in [-0.05, 0) is 5.56 Å². The van der Waals surface area contributed by atoms with Gasteiger partial charge in [-0.25, -0.2) is 0 Å². The van der Waals surface area contributed by atoms with Gasteiger partial charge in [-0.2, -0.15) is 13.2 Å². The number of carbonyl (C=O) groups is 1. The highest BCUT2D eigenvalue weighted by Gasteiger charge is 2.26. The number of carbonyl (C=O) groups excluding carboxylic acids is 1. The summed E-state index contributed by atoms with van der Waals surface area (Å²) in [6, 6.07) is 5.61. The Morgan fingerprint density at radius 3 is 2.65 bits per heavy atom. The SMILES string of the molecule is O=C(CNCC(F)(F)F)NCc1cccc([N+](=O)[O-])c1. The predicted octanol–water partition coefficient (Wildman–Crippen LogP) is 1.36. The summed E-state index contributed by atoms with van der Waals surface area (Å²) in [6.07, 6.45) is -4.37. The molecule has 1 aromatic carbocycles. The molecule has 0 saturated carbocycles. The fourth-order valence-corrected chi connectivity index (χ4v) is 1.36. The highest BCUT2D eigenvalue weighted by molar-refractivity contribution is 5.77. The highest BCUT2D eigenvalue weighted by Crippen LogP contribution is 2.13. The van der Waals surface area contributed by atoms with E-state index in [-0.39, 0.29) is 12.2 Å². The molecule has 1 rings (SSSR count). The van der Waals surface area contributed by atoms with Gasteiger partial charge in [0.1, 0.15) is 0 Å². The number of amides is 1. The van der Waals surface area contributed by atoms with Gasteiger partial charge >= 0.3 is 6.18 Å². The Bertz CT molecular complexity index is 491. The van der Waals surface area contributed by atoms with E-state index in [2.05, 4.69) is 5.32 Å². The largest absolute Gasteiger partial charge is 0.401 e. The third kappa shape index (κ3) is 6.14. The third-order valence-electron chi connectivity index (χ3n) is 2.22. The number of hydrogen-bond donors (Lipinski definition) is 2. The zero-order valence-electron chi connectivity index (χ0n) is 10.2. The Labute approximate surface area is 112 Å². The minimum absolute atomic E-state index is 0.00815. The lowest BCUT2D eigenvalue weighted by Crippen LogP contribution is -2.38. The number of alkyl halides is 3. The average molecular weight is 291 g/mol. The van der Waals surface area contributed by atoms with Crippen molar-refractivity contribution in [2.75, 3.05) is 13.1 Å². The van der Waals surface area contributed by atoms with Crippen LogP contribution in [0.4, 0.5) is 18.9 Å². The van der Waals surface area contributed by atoms with Crippen LogP contribution in [0, 0.1) is 10.1 Å². The molecule has 6 nitrogen and oxygen atoms in total. The van der Waals surface area contributed by atoms with E-state index >= 15 is 0 Å². The van der Waals surface area contributed by atoms with Gasteiger partial charge in [0.2, 0.25) is 5.91 Å². The van der Waals surface area contributed by atoms with Gasteiger partial charge in [0.05, 0.1) is 18.0 Å². The summed E-state index contributed by atoms with van der Waals surface area (Å²) < 4.78 is 35.5. The van der Waals surface area contributed by atoms with Gasteiger partial charge in [-0.1, -0.05) is 12.1 Å². The van der Waals surface area contributed by atoms with E-state index in [0.29, 0.717) is 5.56 Å². The summed E-state index contributed by atoms with van der Waals surface area (Å²) in [4.78, 5) is 21.2. The molecule has 2 N–H and O–H groups in total. The molecule has 9 heteroatoms. The smallest absolute Gasteiger partial charge is 0.351 e. The van der Waals surface area contributed by atoms with Crippen LogP contribution in [0.15, 0.2) is 24.3 Å². The number of nitro groups is 1. The Hall–Kier alpha value is -2.16. The minimum atomic E-state index is -4.37. The second-order valence-electron chi connectivity index (χ2n) is 3.92. The van der Waals surface area contributed by atoms with Crippen LogP contribution < -0.4 is 10.6 Å². The molecule has 0 heterocycles. The lowest BCUT2D eigenvalue weighted by atomic mass is 10.2. The van der Waals surface area contributed by atoms with Gasteiger partial charge < -0.3 is 10.6 Å². The Morgan fingerprint density at radius 1 is 1.35 bits per heavy atom. The van der Waals surface area contributed by atoms with Crippen LogP contribution in [0.25, 0.3) is 0 Å². The average Bonchev–Trinajstić information content (AvgIpc) is 2.35. The zero-order chi connectivity index (χ0) is 15.2. The van der Waals surface area contributed by atoms with Crippen LogP contribution >= 0.6 is 0 Å². The Kier molecular flexibility index (Phi) is 5.44. The van der Waals surface area contributed by atoms with Crippen molar-refractivity contribution < 1.29 is 22.9 Å². The van der Waals surface area contributed by atoms with Crippen molar-refractivity contribution in [2.45, 2.75) is 12.7 Å². The molecule has 1 aromatic rings. The number of nitrogens with zero attached hydrogens (tertiary/aromatic N) is 1. The Balaban J connectivity index is 2.37. The van der Waals surface area contributed by atoms with Crippen LogP contribution in [0.5, 0.6) is 0 Å². The lowest BCUT2D eigenvalue weighted by Gasteiger charge is -2.08. The summed E-state index contributed by atoms with van der Waals surface area (Å²) in [5, 5.41) is 14.8. The van der Waals surface area contributed by atoms with E-state index in [1.807, 2.05) is 5.32 Å². The molecule has 0 bridgehead atoms. The van der Waals surface area contributed by atoms with Crippen LogP contribution in [-0.4, -0.2) is 30.1 Å². The quantitative estimate of drug-likeness (QED) is 0.612. The van der Waals surface area contributed by atoms with Crippen LogP contribution in [0.3, 0.4) is 0 Å². The van der Waals surface area contributed by atoms with Gasteiger partial charge in [0, 0.05) is 18.7 Å². The van der Waals surface area contributed by atoms with Crippen molar-refractivity contribution in [2.24, 2.45) is 0 Å². The topological polar surface area (TPSA) is 84.3 Å². The van der Waals surface area contributed by atoms with E-state index in [4.69, 9.17) is 0 Å². The molecule has 0 fully saturated rings. The minimum Gasteiger partial charge on any atom is -0.351 e. The summed E-state index contributed by atoms with van der Waals surface area (Å²) in [6.45, 7) is -1.72. The first-order chi connectivity index (χ1) is 9.28. The van der Waals surface area contributed by atoms with E-state index in [0.717, 1.165) is 0 Å². The maximum Gasteiger partial charge on any atom is 0.401 e. The van der Waals surface area contributed by atoms with Crippen LogP contribution in [0.2, 0.25) is 0 Å². The number of rotatable bonds is 6. The first-order valence-corrected chi connectivity index (χ1v) is 5.55. The lowest BCUT2D eigenvalue weighted by molar-refractivity contribution is -0.384. The number of hydrogen-bond acceptors (Lipinski definition) is 4. The first kappa shape index (κ1) is 15.9. The van der Waals surface area contributed by atoms with E-state index in [1.54, 1.807) is 6.07 Å². The van der Waals surface area contributed by atoms with Crippen molar-refractivity contribution >= 4 is 11.6 Å². The molecule has 0 aromatic heterocycles. The molecular weight excluding hydrogens is 279 g/mol. The molecule has 0 saturated heterocycles. The molecule has 0 aliphatic carbocycles. The summed E-state index contributed by atoms with van der Waals surface area (Å²) in [7, 11) is 0. The third-order valence-corrected chi connectivity index (χ3v) is 2.22. The summed E-state index contributed by atoms with van der Waals surface area (Å²) in [5.41, 5.74) is 0.371. The number of halogens is 3. The Morgan fingerprint density at radius 2 is 2.05 bits per heavy atom. The van der Waals surface area contributed by atoms with Crippen molar-refractivity contribution in [3.8, 4) is 0 Å². The molecule has 0 aliphatic heterocycles. The first-order valence-electron chi connectivity index (χ1n) is 5.55. The summed E-state index contributed by atoms with van der Waals surface area (Å²) >= 11 is 0. The fourth-order valence-electron chi connectivity index (χ4n) is 1.36. The van der Waals surface area contributed by atoms with Gasteiger partial charge in [-0.3, -0.25) is 14.9 Å². The van der Waals surface area contributed by atoms with Crippen molar-refractivity contribution in [1.29, 1.82) is 0 Å². The predicted molar refractivity (Wildman–Crippen MR) is 63.9 cm³/mol. The molecule has 20 heavy (non-hydrogen) atoms. The van der Waals surface area contributed by atoms with E-state index < -0.39 is 30.1 Å². The number of benzene rings is 1. The van der Waals surface area contributed by atoms with Crippen molar-refractivity contribution in [1.82, 2.24) is 10.6 Å². The second-order valence-corrected chi connectivity index (χ2v) is 3.92. The fraction of sp³-hybridized carbons (Fsp3) is 0.364. The monoisotopic (exact) mass is 291 g/mol. The maximum atomic E-state index is 11.8. The van der Waals surface area contributed by atoms with Gasteiger partial charge in [0.25, 0.3) is 5.69 Å². The van der Waals surface area contributed by atoms with Crippen LogP contribution in [0.1, 0.15) is 5.56 Å². The normalized spacial score (nSPS) is 11.2. The molecule has 1 amide bonds. The highest BCUT2D eigenvalue weighted by atomic mass is 19.4. The van der Waals surface area contributed by atoms with Crippen LogP contribution in [-0.2, 0) is 11.3 Å². The molecule has 0 unspecified atom stereocenters. The van der Waals surface area contributed by atoms with Gasteiger partial charge in [0.15, 0.2) is 0 Å². The van der Waals surface area contributed by atoms with Crippen molar-refractivity contribution in [3.63, 3.8) is 0 Å².